The van der Waals surface area contributed by atoms with Crippen molar-refractivity contribution >= 4 is 22.9 Å². The predicted molar refractivity (Wildman–Crippen MR) is 93.1 cm³/mol. The third-order valence-corrected chi connectivity index (χ3v) is 3.85. The Labute approximate surface area is 148 Å². The zero-order chi connectivity index (χ0) is 18.5. The summed E-state index contributed by atoms with van der Waals surface area (Å²) in [5.41, 5.74) is 2.52. The van der Waals surface area contributed by atoms with Gasteiger partial charge in [-0.3, -0.25) is 9.78 Å². The number of aromatic amines is 1. The lowest BCUT2D eigenvalue weighted by Gasteiger charge is -2.12. The molecule has 0 bridgehead atoms. The Morgan fingerprint density at radius 2 is 2.04 bits per heavy atom. The van der Waals surface area contributed by atoms with Crippen molar-refractivity contribution in [3.63, 3.8) is 0 Å². The largest absolute Gasteiger partial charge is 0.480 e. The summed E-state index contributed by atoms with van der Waals surface area (Å²) in [6, 6.07) is 9.30. The highest BCUT2D eigenvalue weighted by Crippen LogP contribution is 2.20. The van der Waals surface area contributed by atoms with Crippen molar-refractivity contribution in [1.29, 1.82) is 5.26 Å². The van der Waals surface area contributed by atoms with E-state index < -0.39 is 17.9 Å². The standard InChI is InChI=1S/C18H15N5O3/c19-7-1-2-14(18(25)26)23-17(24)12-3-4-13-15(10-12)22-16(21-13)11-5-8-20-9-6-11/h3-6,8-10,14H,1-2H2,(H,21,22)(H,23,24)(H,25,26)/t14-/m0/s1. The first-order valence-corrected chi connectivity index (χ1v) is 7.89. The van der Waals surface area contributed by atoms with E-state index in [0.29, 0.717) is 22.4 Å². The molecule has 130 valence electrons. The van der Waals surface area contributed by atoms with Gasteiger partial charge >= 0.3 is 5.97 Å². The van der Waals surface area contributed by atoms with E-state index in [4.69, 9.17) is 10.4 Å². The molecule has 0 aliphatic carbocycles. The van der Waals surface area contributed by atoms with Crippen molar-refractivity contribution < 1.29 is 14.7 Å². The smallest absolute Gasteiger partial charge is 0.326 e. The highest BCUT2D eigenvalue weighted by Gasteiger charge is 2.20. The van der Waals surface area contributed by atoms with Gasteiger partial charge in [0.15, 0.2) is 0 Å². The minimum atomic E-state index is -1.17. The van der Waals surface area contributed by atoms with Crippen LogP contribution in [0.25, 0.3) is 22.4 Å². The van der Waals surface area contributed by atoms with Crippen molar-refractivity contribution in [1.82, 2.24) is 20.3 Å². The number of fused-ring (bicyclic) bond motifs is 1. The lowest BCUT2D eigenvalue weighted by atomic mass is 10.1. The summed E-state index contributed by atoms with van der Waals surface area (Å²) >= 11 is 0. The number of carbonyl (C=O) groups is 2. The summed E-state index contributed by atoms with van der Waals surface area (Å²) in [6.07, 6.45) is 3.42. The van der Waals surface area contributed by atoms with E-state index >= 15 is 0 Å². The number of nitriles is 1. The molecule has 0 spiro atoms. The molecule has 0 unspecified atom stereocenters. The van der Waals surface area contributed by atoms with Gasteiger partial charge in [0.2, 0.25) is 0 Å². The fourth-order valence-electron chi connectivity index (χ4n) is 2.51. The Kier molecular flexibility index (Phi) is 4.90. The Balaban J connectivity index is 1.83. The lowest BCUT2D eigenvalue weighted by molar-refractivity contribution is -0.139. The van der Waals surface area contributed by atoms with Gasteiger partial charge in [-0.25, -0.2) is 9.78 Å². The van der Waals surface area contributed by atoms with Crippen LogP contribution in [0.5, 0.6) is 0 Å². The minimum absolute atomic E-state index is 0.0477. The Morgan fingerprint density at radius 1 is 1.27 bits per heavy atom. The summed E-state index contributed by atoms with van der Waals surface area (Å²) in [4.78, 5) is 35.1. The number of aromatic nitrogens is 3. The molecule has 1 aromatic carbocycles. The second-order valence-corrected chi connectivity index (χ2v) is 5.61. The fraction of sp³-hybridized carbons (Fsp3) is 0.167. The first-order valence-electron chi connectivity index (χ1n) is 7.89. The van der Waals surface area contributed by atoms with Gasteiger partial charge in [-0.05, 0) is 36.8 Å². The number of aliphatic carboxylic acids is 1. The third-order valence-electron chi connectivity index (χ3n) is 3.85. The number of carboxylic acids is 1. The predicted octanol–water partition coefficient (Wildman–Crippen LogP) is 2.11. The molecule has 8 heteroatoms. The molecular weight excluding hydrogens is 334 g/mol. The normalized spacial score (nSPS) is 11.7. The lowest BCUT2D eigenvalue weighted by Crippen LogP contribution is -2.40. The van der Waals surface area contributed by atoms with E-state index in [1.807, 2.05) is 18.2 Å². The molecule has 3 N–H and O–H groups in total. The molecule has 2 heterocycles. The monoisotopic (exact) mass is 349 g/mol. The van der Waals surface area contributed by atoms with Crippen molar-refractivity contribution in [2.75, 3.05) is 0 Å². The number of hydrogen-bond donors (Lipinski definition) is 3. The zero-order valence-electron chi connectivity index (χ0n) is 13.6. The van der Waals surface area contributed by atoms with E-state index in [2.05, 4.69) is 20.3 Å². The molecule has 0 saturated heterocycles. The molecule has 3 rings (SSSR count). The SMILES string of the molecule is N#CCC[C@H](NC(=O)c1ccc2nc(-c3ccncc3)[nH]c2c1)C(=O)O. The van der Waals surface area contributed by atoms with Crippen LogP contribution in [-0.2, 0) is 4.79 Å². The van der Waals surface area contributed by atoms with Gasteiger partial charge < -0.3 is 15.4 Å². The Morgan fingerprint density at radius 3 is 2.73 bits per heavy atom. The van der Waals surface area contributed by atoms with E-state index in [-0.39, 0.29) is 12.8 Å². The van der Waals surface area contributed by atoms with Crippen LogP contribution in [0.3, 0.4) is 0 Å². The summed E-state index contributed by atoms with van der Waals surface area (Å²) in [7, 11) is 0. The maximum atomic E-state index is 12.3. The molecule has 0 aliphatic rings. The summed E-state index contributed by atoms with van der Waals surface area (Å²) in [5, 5.41) is 20.2. The average molecular weight is 349 g/mol. The maximum absolute atomic E-state index is 12.3. The molecule has 2 aromatic heterocycles. The molecule has 0 aliphatic heterocycles. The van der Waals surface area contributed by atoms with Crippen LogP contribution in [0.1, 0.15) is 23.2 Å². The highest BCUT2D eigenvalue weighted by molar-refractivity contribution is 5.99. The first-order chi connectivity index (χ1) is 12.6. The van der Waals surface area contributed by atoms with Crippen molar-refractivity contribution in [2.45, 2.75) is 18.9 Å². The quantitative estimate of drug-likeness (QED) is 0.624. The molecular formula is C18H15N5O3. The van der Waals surface area contributed by atoms with Crippen LogP contribution in [0.4, 0.5) is 0 Å². The number of carboxylic acid groups (broad SMARTS) is 1. The minimum Gasteiger partial charge on any atom is -0.480 e. The number of benzene rings is 1. The van der Waals surface area contributed by atoms with E-state index in [0.717, 1.165) is 5.56 Å². The van der Waals surface area contributed by atoms with Crippen molar-refractivity contribution in [3.8, 4) is 17.5 Å². The number of hydrogen-bond acceptors (Lipinski definition) is 5. The van der Waals surface area contributed by atoms with E-state index in [1.165, 1.54) is 0 Å². The van der Waals surface area contributed by atoms with Gasteiger partial charge in [0, 0.05) is 29.9 Å². The average Bonchev–Trinajstić information content (AvgIpc) is 3.08. The fourth-order valence-corrected chi connectivity index (χ4v) is 2.51. The van der Waals surface area contributed by atoms with Crippen LogP contribution in [0, 0.1) is 11.3 Å². The number of rotatable bonds is 6. The molecule has 26 heavy (non-hydrogen) atoms. The molecule has 3 aromatic rings. The van der Waals surface area contributed by atoms with E-state index in [9.17, 15) is 9.59 Å². The van der Waals surface area contributed by atoms with Gasteiger partial charge in [0.25, 0.3) is 5.91 Å². The molecule has 1 amide bonds. The van der Waals surface area contributed by atoms with Gasteiger partial charge in [-0.15, -0.1) is 0 Å². The Hall–Kier alpha value is -3.73. The molecule has 1 atom stereocenters. The van der Waals surface area contributed by atoms with Gasteiger partial charge in [0.1, 0.15) is 11.9 Å². The van der Waals surface area contributed by atoms with Gasteiger partial charge in [-0.2, -0.15) is 5.26 Å². The van der Waals surface area contributed by atoms with Crippen LogP contribution in [-0.4, -0.2) is 38.0 Å². The number of H-pyrrole nitrogens is 1. The first kappa shape index (κ1) is 17.1. The zero-order valence-corrected chi connectivity index (χ0v) is 13.6. The molecule has 0 radical (unpaired) electrons. The summed E-state index contributed by atoms with van der Waals surface area (Å²) in [5.74, 6) is -1.04. The number of imidazole rings is 1. The number of pyridine rings is 1. The van der Waals surface area contributed by atoms with Gasteiger partial charge in [-0.1, -0.05) is 0 Å². The molecule has 0 fully saturated rings. The second kappa shape index (κ2) is 7.44. The second-order valence-electron chi connectivity index (χ2n) is 5.61. The van der Waals surface area contributed by atoms with Crippen LogP contribution < -0.4 is 5.32 Å². The maximum Gasteiger partial charge on any atom is 0.326 e. The number of nitrogens with zero attached hydrogens (tertiary/aromatic N) is 3. The number of amides is 1. The van der Waals surface area contributed by atoms with Crippen molar-refractivity contribution in [3.05, 3.63) is 48.3 Å². The van der Waals surface area contributed by atoms with Crippen molar-refractivity contribution in [2.24, 2.45) is 0 Å². The molecule has 0 saturated carbocycles. The topological polar surface area (TPSA) is 132 Å². The summed E-state index contributed by atoms with van der Waals surface area (Å²) < 4.78 is 0. The molecule has 8 nitrogen and oxygen atoms in total. The van der Waals surface area contributed by atoms with Crippen LogP contribution >= 0.6 is 0 Å². The van der Waals surface area contributed by atoms with Crippen LogP contribution in [0.2, 0.25) is 0 Å². The summed E-state index contributed by atoms with van der Waals surface area (Å²) in [6.45, 7) is 0. The number of carbonyl (C=O) groups excluding carboxylic acids is 1. The van der Waals surface area contributed by atoms with E-state index in [1.54, 1.807) is 30.6 Å². The third kappa shape index (κ3) is 3.67. The Bertz CT molecular complexity index is 991. The van der Waals surface area contributed by atoms with Gasteiger partial charge in [0.05, 0.1) is 17.1 Å². The highest BCUT2D eigenvalue weighted by atomic mass is 16.4. The van der Waals surface area contributed by atoms with Crippen LogP contribution in [0.15, 0.2) is 42.7 Å². The number of nitrogens with one attached hydrogen (secondary N) is 2.